The third-order valence-corrected chi connectivity index (χ3v) is 0.887. The zero-order chi connectivity index (χ0) is 7.28. The van der Waals surface area contributed by atoms with Crippen LogP contribution in [0.3, 0.4) is 0 Å². The fourth-order valence-corrected chi connectivity index (χ4v) is 0.655. The third-order valence-electron chi connectivity index (χ3n) is 0.887. The smallest absolute Gasteiger partial charge is 0.0185 e. The van der Waals surface area contributed by atoms with Crippen LogP contribution in [0.2, 0.25) is 0 Å². The van der Waals surface area contributed by atoms with E-state index >= 15 is 0 Å². The van der Waals surface area contributed by atoms with Gasteiger partial charge in [-0.15, -0.1) is 0 Å². The number of nitrogens with one attached hydrogen (secondary N) is 1. The van der Waals surface area contributed by atoms with Gasteiger partial charge in [-0.25, -0.2) is 5.01 Å². The first kappa shape index (κ1) is 8.84. The minimum atomic E-state index is 1.00. The molecule has 0 aliphatic rings. The molecule has 0 aliphatic heterocycles. The Kier molecular flexibility index (Phi) is 4.61. The Morgan fingerprint density at radius 1 is 1.44 bits per heavy atom. The van der Waals surface area contributed by atoms with Crippen molar-refractivity contribution in [2.75, 3.05) is 20.6 Å². The fourth-order valence-electron chi connectivity index (χ4n) is 0.655. The Labute approximate surface area is 56.5 Å². The summed E-state index contributed by atoms with van der Waals surface area (Å²) in [5.74, 6) is 5.30. The number of hydrogen-bond donors (Lipinski definition) is 2. The highest BCUT2D eigenvalue weighted by molar-refractivity contribution is 4.35. The highest BCUT2D eigenvalue weighted by atomic mass is 15.8. The van der Waals surface area contributed by atoms with Crippen LogP contribution in [-0.2, 0) is 0 Å². The zero-order valence-electron chi connectivity index (χ0n) is 6.39. The molecule has 0 saturated carbocycles. The largest absolute Gasteiger partial charge is 0.254 e. The highest BCUT2D eigenvalue weighted by Gasteiger charge is 1.93. The van der Waals surface area contributed by atoms with Crippen LogP contribution >= 0.6 is 0 Å². The second kappa shape index (κ2) is 4.69. The minimum absolute atomic E-state index is 1.00. The molecule has 4 heteroatoms. The Hall–Kier alpha value is -0.160. The molecule has 0 heterocycles. The molecule has 0 spiro atoms. The lowest BCUT2D eigenvalue weighted by atomic mass is 10.5. The molecule has 0 bridgehead atoms. The van der Waals surface area contributed by atoms with Gasteiger partial charge in [0.1, 0.15) is 0 Å². The van der Waals surface area contributed by atoms with Crippen molar-refractivity contribution in [2.24, 2.45) is 5.84 Å². The molecule has 9 heavy (non-hydrogen) atoms. The summed E-state index contributed by atoms with van der Waals surface area (Å²) in [6.45, 7) is 3.12. The monoisotopic (exact) mass is 132 g/mol. The van der Waals surface area contributed by atoms with Crippen LogP contribution in [-0.4, -0.2) is 30.8 Å². The van der Waals surface area contributed by atoms with E-state index in [0.717, 1.165) is 13.0 Å². The van der Waals surface area contributed by atoms with E-state index in [9.17, 15) is 0 Å². The first-order valence-electron chi connectivity index (χ1n) is 3.12. The second-order valence-electron chi connectivity index (χ2n) is 2.13. The Balaban J connectivity index is 3.15. The van der Waals surface area contributed by atoms with Gasteiger partial charge < -0.3 is 0 Å². The van der Waals surface area contributed by atoms with Crippen molar-refractivity contribution in [1.82, 2.24) is 15.7 Å². The van der Waals surface area contributed by atoms with Crippen LogP contribution in [0, 0.1) is 0 Å². The van der Waals surface area contributed by atoms with Crippen molar-refractivity contribution in [3.63, 3.8) is 0 Å². The summed E-state index contributed by atoms with van der Waals surface area (Å²) in [4.78, 5) is 0. The van der Waals surface area contributed by atoms with Crippen molar-refractivity contribution in [3.8, 4) is 0 Å². The Morgan fingerprint density at radius 3 is 2.33 bits per heavy atom. The molecule has 56 valence electrons. The highest BCUT2D eigenvalue weighted by Crippen LogP contribution is 1.78. The molecular formula is C5H16N4. The Bertz CT molecular complexity index is 64.0. The summed E-state index contributed by atoms with van der Waals surface area (Å²) in [6.07, 6.45) is 1.12. The lowest BCUT2D eigenvalue weighted by Crippen LogP contribution is -2.49. The van der Waals surface area contributed by atoms with Gasteiger partial charge in [-0.1, -0.05) is 6.92 Å². The molecular weight excluding hydrogens is 116 g/mol. The van der Waals surface area contributed by atoms with Gasteiger partial charge in [-0.2, -0.15) is 10.7 Å². The van der Waals surface area contributed by atoms with Crippen LogP contribution in [0.5, 0.6) is 0 Å². The number of hydrazine groups is 3. The quantitative estimate of drug-likeness (QED) is 0.402. The van der Waals surface area contributed by atoms with E-state index in [4.69, 9.17) is 5.84 Å². The molecule has 3 N–H and O–H groups in total. The summed E-state index contributed by atoms with van der Waals surface area (Å²) in [7, 11) is 3.71. The van der Waals surface area contributed by atoms with Crippen LogP contribution < -0.4 is 11.4 Å². The van der Waals surface area contributed by atoms with Gasteiger partial charge in [0.05, 0.1) is 0 Å². The van der Waals surface area contributed by atoms with Gasteiger partial charge in [0, 0.05) is 20.6 Å². The maximum Gasteiger partial charge on any atom is 0.0185 e. The van der Waals surface area contributed by atoms with Crippen LogP contribution in [0.15, 0.2) is 0 Å². The molecule has 0 radical (unpaired) electrons. The minimum Gasteiger partial charge on any atom is -0.254 e. The molecule has 0 rings (SSSR count). The van der Waals surface area contributed by atoms with Gasteiger partial charge in [0.2, 0.25) is 0 Å². The summed E-state index contributed by atoms with van der Waals surface area (Å²) in [5, 5.41) is 3.36. The maximum atomic E-state index is 5.30. The van der Waals surface area contributed by atoms with E-state index in [1.54, 1.807) is 7.05 Å². The summed E-state index contributed by atoms with van der Waals surface area (Å²) >= 11 is 0. The van der Waals surface area contributed by atoms with Crippen molar-refractivity contribution in [1.29, 1.82) is 0 Å². The van der Waals surface area contributed by atoms with Crippen molar-refractivity contribution >= 4 is 0 Å². The normalized spacial score (nSPS) is 11.3. The average molecular weight is 132 g/mol. The molecule has 0 aromatic heterocycles. The summed E-state index contributed by atoms with van der Waals surface area (Å²) in [5.41, 5.74) is 2.89. The van der Waals surface area contributed by atoms with E-state index in [0.29, 0.717) is 0 Å². The average Bonchev–Trinajstić information content (AvgIpc) is 1.63. The zero-order valence-corrected chi connectivity index (χ0v) is 6.39. The van der Waals surface area contributed by atoms with E-state index in [-0.39, 0.29) is 0 Å². The molecule has 0 saturated heterocycles. The molecule has 0 unspecified atom stereocenters. The number of nitrogens with two attached hydrogens (primary N) is 1. The van der Waals surface area contributed by atoms with E-state index < -0.39 is 0 Å². The number of rotatable bonds is 4. The molecule has 0 atom stereocenters. The van der Waals surface area contributed by atoms with Crippen molar-refractivity contribution in [2.45, 2.75) is 13.3 Å². The lowest BCUT2D eigenvalue weighted by Gasteiger charge is -2.21. The molecule has 0 aromatic rings. The van der Waals surface area contributed by atoms with Gasteiger partial charge in [0.25, 0.3) is 0 Å². The number of hydrogen-bond acceptors (Lipinski definition) is 4. The lowest BCUT2D eigenvalue weighted by molar-refractivity contribution is 0.0649. The predicted molar refractivity (Wildman–Crippen MR) is 38.0 cm³/mol. The van der Waals surface area contributed by atoms with Crippen molar-refractivity contribution in [3.05, 3.63) is 0 Å². The molecule has 0 aliphatic carbocycles. The van der Waals surface area contributed by atoms with Gasteiger partial charge in [0.15, 0.2) is 0 Å². The number of nitrogens with zero attached hydrogens (tertiary/aromatic N) is 2. The van der Waals surface area contributed by atoms with E-state index in [1.807, 2.05) is 12.1 Å². The Morgan fingerprint density at radius 2 is 2.00 bits per heavy atom. The predicted octanol–water partition coefficient (Wildman–Crippen LogP) is -0.447. The second-order valence-corrected chi connectivity index (χ2v) is 2.13. The van der Waals surface area contributed by atoms with Gasteiger partial charge in [-0.05, 0) is 6.42 Å². The maximum absolute atomic E-state index is 5.30. The van der Waals surface area contributed by atoms with Gasteiger partial charge in [-0.3, -0.25) is 5.84 Å². The standard InChI is InChI=1S/C5H16N4/c1-4-5-8(2)7-9(3)6/h7H,4-6H2,1-3H3. The SMILES string of the molecule is CCCN(C)NN(C)N. The molecule has 0 aromatic carbocycles. The fraction of sp³-hybridized carbons (Fsp3) is 1.00. The van der Waals surface area contributed by atoms with Crippen LogP contribution in [0.1, 0.15) is 13.3 Å². The summed E-state index contributed by atoms with van der Waals surface area (Å²) < 4.78 is 0. The molecule has 0 amide bonds. The van der Waals surface area contributed by atoms with E-state index in [2.05, 4.69) is 12.5 Å². The first-order valence-corrected chi connectivity index (χ1v) is 3.12. The first-order chi connectivity index (χ1) is 4.16. The molecule has 4 nitrogen and oxygen atoms in total. The third kappa shape index (κ3) is 5.72. The summed E-state index contributed by atoms with van der Waals surface area (Å²) in [6, 6.07) is 0. The van der Waals surface area contributed by atoms with Gasteiger partial charge >= 0.3 is 0 Å². The van der Waals surface area contributed by atoms with Crippen LogP contribution in [0.25, 0.3) is 0 Å². The van der Waals surface area contributed by atoms with Crippen molar-refractivity contribution < 1.29 is 0 Å². The van der Waals surface area contributed by atoms with Crippen LogP contribution in [0.4, 0.5) is 0 Å². The van der Waals surface area contributed by atoms with E-state index in [1.165, 1.54) is 5.12 Å². The topological polar surface area (TPSA) is 44.5 Å². The molecule has 0 fully saturated rings.